The van der Waals surface area contributed by atoms with Crippen LogP contribution < -0.4 is 15.6 Å². The summed E-state index contributed by atoms with van der Waals surface area (Å²) < 4.78 is 28.9. The number of para-hydroxylation sites is 1. The molecule has 1 aromatic heterocycles. The number of anilines is 1. The van der Waals surface area contributed by atoms with Gasteiger partial charge in [0.15, 0.2) is 0 Å². The Morgan fingerprint density at radius 1 is 1.00 bits per heavy atom. The molecule has 0 aliphatic carbocycles. The summed E-state index contributed by atoms with van der Waals surface area (Å²) in [6.07, 6.45) is 0. The summed E-state index contributed by atoms with van der Waals surface area (Å²) in [5, 5.41) is 2.64. The lowest BCUT2D eigenvalue weighted by atomic mass is 10.2. The Kier molecular flexibility index (Phi) is 5.21. The first kappa shape index (κ1) is 19.6. The SMILES string of the molecule is CNS(=O)(=O)c1ccc(C(=O)Nc2c(C)n(C)n(-c3ccccc3)c2=O)cc1. The largest absolute Gasteiger partial charge is 0.316 e. The first-order valence-electron chi connectivity index (χ1n) is 8.45. The molecular formula is C19H20N4O4S. The van der Waals surface area contributed by atoms with Gasteiger partial charge in [0.1, 0.15) is 5.69 Å². The number of benzene rings is 2. The zero-order chi connectivity index (χ0) is 20.5. The van der Waals surface area contributed by atoms with Gasteiger partial charge in [0.25, 0.3) is 11.5 Å². The lowest BCUT2D eigenvalue weighted by Crippen LogP contribution is -2.23. The normalized spacial score (nSPS) is 11.4. The molecule has 0 saturated heterocycles. The average molecular weight is 400 g/mol. The summed E-state index contributed by atoms with van der Waals surface area (Å²) in [6, 6.07) is 14.6. The average Bonchev–Trinajstić information content (AvgIpc) is 2.92. The van der Waals surface area contributed by atoms with Gasteiger partial charge >= 0.3 is 0 Å². The molecule has 0 saturated carbocycles. The van der Waals surface area contributed by atoms with Gasteiger partial charge in [-0.1, -0.05) is 18.2 Å². The maximum Gasteiger partial charge on any atom is 0.295 e. The Hall–Kier alpha value is -3.17. The van der Waals surface area contributed by atoms with Gasteiger partial charge in [-0.3, -0.25) is 14.3 Å². The molecule has 0 bridgehead atoms. The Labute approximate surface area is 162 Å². The highest BCUT2D eigenvalue weighted by Gasteiger charge is 2.19. The van der Waals surface area contributed by atoms with Crippen LogP contribution in [0.25, 0.3) is 5.69 Å². The number of carbonyl (C=O) groups is 1. The molecule has 0 radical (unpaired) electrons. The van der Waals surface area contributed by atoms with Crippen LogP contribution in [0.5, 0.6) is 0 Å². The number of hydrogen-bond donors (Lipinski definition) is 2. The minimum atomic E-state index is -3.58. The summed E-state index contributed by atoms with van der Waals surface area (Å²) in [5.41, 5.74) is 1.33. The summed E-state index contributed by atoms with van der Waals surface area (Å²) >= 11 is 0. The molecular weight excluding hydrogens is 380 g/mol. The van der Waals surface area contributed by atoms with Crippen molar-refractivity contribution in [2.24, 2.45) is 7.05 Å². The van der Waals surface area contributed by atoms with E-state index in [0.717, 1.165) is 0 Å². The fourth-order valence-electron chi connectivity index (χ4n) is 2.80. The summed E-state index contributed by atoms with van der Waals surface area (Å²) in [7, 11) is -0.540. The number of rotatable bonds is 5. The molecule has 146 valence electrons. The van der Waals surface area contributed by atoms with E-state index in [9.17, 15) is 18.0 Å². The molecule has 0 aliphatic heterocycles. The van der Waals surface area contributed by atoms with E-state index in [1.54, 1.807) is 30.8 Å². The van der Waals surface area contributed by atoms with Gasteiger partial charge in [0.2, 0.25) is 10.0 Å². The van der Waals surface area contributed by atoms with Gasteiger partial charge in [0.05, 0.1) is 16.3 Å². The first-order chi connectivity index (χ1) is 13.3. The summed E-state index contributed by atoms with van der Waals surface area (Å²) in [4.78, 5) is 25.5. The van der Waals surface area contributed by atoms with E-state index in [0.29, 0.717) is 11.4 Å². The molecule has 2 aromatic carbocycles. The van der Waals surface area contributed by atoms with E-state index in [2.05, 4.69) is 10.0 Å². The van der Waals surface area contributed by atoms with E-state index in [1.807, 2.05) is 18.2 Å². The minimum Gasteiger partial charge on any atom is -0.316 e. The topological polar surface area (TPSA) is 102 Å². The summed E-state index contributed by atoms with van der Waals surface area (Å²) in [6.45, 7) is 1.74. The van der Waals surface area contributed by atoms with Gasteiger partial charge in [-0.25, -0.2) is 17.8 Å². The van der Waals surface area contributed by atoms with Crippen LogP contribution in [0.4, 0.5) is 5.69 Å². The summed E-state index contributed by atoms with van der Waals surface area (Å²) in [5.74, 6) is -0.501. The van der Waals surface area contributed by atoms with Crippen LogP contribution in [0, 0.1) is 6.92 Å². The zero-order valence-corrected chi connectivity index (χ0v) is 16.4. The van der Waals surface area contributed by atoms with Crippen molar-refractivity contribution in [1.82, 2.24) is 14.1 Å². The van der Waals surface area contributed by atoms with Gasteiger partial charge in [-0.15, -0.1) is 0 Å². The van der Waals surface area contributed by atoms with Crippen molar-refractivity contribution < 1.29 is 13.2 Å². The third-order valence-corrected chi connectivity index (χ3v) is 5.92. The predicted octanol–water partition coefficient (Wildman–Crippen LogP) is 1.64. The van der Waals surface area contributed by atoms with Crippen molar-refractivity contribution in [2.75, 3.05) is 12.4 Å². The molecule has 9 heteroatoms. The second-order valence-electron chi connectivity index (χ2n) is 6.12. The van der Waals surface area contributed by atoms with Crippen molar-refractivity contribution in [1.29, 1.82) is 0 Å². The monoisotopic (exact) mass is 400 g/mol. The third kappa shape index (κ3) is 3.49. The third-order valence-electron chi connectivity index (χ3n) is 4.49. The molecule has 3 rings (SSSR count). The first-order valence-corrected chi connectivity index (χ1v) is 9.93. The molecule has 28 heavy (non-hydrogen) atoms. The van der Waals surface area contributed by atoms with Crippen molar-refractivity contribution in [3.05, 3.63) is 76.2 Å². The number of nitrogens with zero attached hydrogens (tertiary/aromatic N) is 2. The highest BCUT2D eigenvalue weighted by atomic mass is 32.2. The van der Waals surface area contributed by atoms with Crippen LogP contribution in [0.2, 0.25) is 0 Å². The van der Waals surface area contributed by atoms with Gasteiger partial charge in [0, 0.05) is 12.6 Å². The zero-order valence-electron chi connectivity index (χ0n) is 15.6. The Balaban J connectivity index is 1.92. The molecule has 0 atom stereocenters. The van der Waals surface area contributed by atoms with Crippen LogP contribution in [0.1, 0.15) is 16.1 Å². The van der Waals surface area contributed by atoms with Gasteiger partial charge in [-0.05, 0) is 50.4 Å². The molecule has 2 N–H and O–H groups in total. The van der Waals surface area contributed by atoms with E-state index >= 15 is 0 Å². The van der Waals surface area contributed by atoms with E-state index in [1.165, 1.54) is 36.0 Å². The highest BCUT2D eigenvalue weighted by molar-refractivity contribution is 7.89. The van der Waals surface area contributed by atoms with Crippen molar-refractivity contribution in [3.8, 4) is 5.69 Å². The van der Waals surface area contributed by atoms with E-state index in [4.69, 9.17) is 0 Å². The van der Waals surface area contributed by atoms with Gasteiger partial charge in [-0.2, -0.15) is 0 Å². The Morgan fingerprint density at radius 3 is 2.18 bits per heavy atom. The molecule has 8 nitrogen and oxygen atoms in total. The molecule has 0 spiro atoms. The number of amides is 1. The quantitative estimate of drug-likeness (QED) is 0.680. The van der Waals surface area contributed by atoms with Crippen LogP contribution in [0.15, 0.2) is 64.3 Å². The number of aromatic nitrogens is 2. The molecule has 3 aromatic rings. The number of nitrogens with one attached hydrogen (secondary N) is 2. The fourth-order valence-corrected chi connectivity index (χ4v) is 3.53. The van der Waals surface area contributed by atoms with Crippen LogP contribution >= 0.6 is 0 Å². The van der Waals surface area contributed by atoms with Gasteiger partial charge < -0.3 is 5.32 Å². The number of hydrogen-bond acceptors (Lipinski definition) is 4. The van der Waals surface area contributed by atoms with Crippen LogP contribution in [0.3, 0.4) is 0 Å². The molecule has 1 heterocycles. The standard InChI is InChI=1S/C19H20N4O4S/c1-13-17(19(25)23(22(13)3)15-7-5-4-6-8-15)21-18(24)14-9-11-16(12-10-14)28(26,27)20-2/h4-12,20H,1-3H3,(H,21,24). The molecule has 0 fully saturated rings. The van der Waals surface area contributed by atoms with E-state index in [-0.39, 0.29) is 21.7 Å². The van der Waals surface area contributed by atoms with E-state index < -0.39 is 15.9 Å². The van der Waals surface area contributed by atoms with Crippen molar-refractivity contribution in [3.63, 3.8) is 0 Å². The maximum absolute atomic E-state index is 12.8. The van der Waals surface area contributed by atoms with Crippen LogP contribution in [-0.4, -0.2) is 30.7 Å². The number of sulfonamides is 1. The molecule has 1 amide bonds. The minimum absolute atomic E-state index is 0.0499. The molecule has 0 unspecified atom stereocenters. The lowest BCUT2D eigenvalue weighted by Gasteiger charge is -2.07. The van der Waals surface area contributed by atoms with Crippen LogP contribution in [-0.2, 0) is 17.1 Å². The predicted molar refractivity (Wildman–Crippen MR) is 106 cm³/mol. The maximum atomic E-state index is 12.8. The number of carbonyl (C=O) groups excluding carboxylic acids is 1. The molecule has 0 aliphatic rings. The Bertz CT molecular complexity index is 1180. The van der Waals surface area contributed by atoms with Crippen molar-refractivity contribution >= 4 is 21.6 Å². The second-order valence-corrected chi connectivity index (χ2v) is 8.01. The Morgan fingerprint density at radius 2 is 1.61 bits per heavy atom. The fraction of sp³-hybridized carbons (Fsp3) is 0.158. The smallest absolute Gasteiger partial charge is 0.295 e. The van der Waals surface area contributed by atoms with Crippen molar-refractivity contribution in [2.45, 2.75) is 11.8 Å². The lowest BCUT2D eigenvalue weighted by molar-refractivity contribution is 0.102. The highest BCUT2D eigenvalue weighted by Crippen LogP contribution is 2.16. The second kappa shape index (κ2) is 7.45.